The third kappa shape index (κ3) is 2.95. The fourth-order valence-corrected chi connectivity index (χ4v) is 4.16. The van der Waals surface area contributed by atoms with E-state index in [9.17, 15) is 26.8 Å². The van der Waals surface area contributed by atoms with Gasteiger partial charge in [0, 0.05) is 9.99 Å². The number of carbonyl (C=O) groups excluding carboxylic acids is 2. The second kappa shape index (κ2) is 6.21. The molecule has 1 N–H and O–H groups in total. The molecule has 2 bridgehead atoms. The van der Waals surface area contributed by atoms with Crippen molar-refractivity contribution in [2.75, 3.05) is 0 Å². The van der Waals surface area contributed by atoms with E-state index in [0.29, 0.717) is 0 Å². The van der Waals surface area contributed by atoms with Crippen molar-refractivity contribution in [3.05, 3.63) is 27.3 Å². The first kappa shape index (κ1) is 19.7. The van der Waals surface area contributed by atoms with Gasteiger partial charge >= 0.3 is 27.3 Å². The van der Waals surface area contributed by atoms with Crippen molar-refractivity contribution in [1.29, 1.82) is 0 Å². The second-order valence-electron chi connectivity index (χ2n) is 6.48. The number of hydrogen-bond acceptors (Lipinski definition) is 8. The molecule has 2 saturated heterocycles. The summed E-state index contributed by atoms with van der Waals surface area (Å²) in [5.41, 5.74) is 0.232. The fraction of sp³-hybridized carbons (Fsp3) is 0.467. The topological polar surface area (TPSA) is 125 Å². The summed E-state index contributed by atoms with van der Waals surface area (Å²) in [6.45, 7) is 0. The molecule has 2 fully saturated rings. The maximum absolute atomic E-state index is 13.4. The molecule has 1 aromatic rings. The van der Waals surface area contributed by atoms with Crippen molar-refractivity contribution in [2.45, 2.75) is 42.2 Å². The number of esters is 2. The van der Waals surface area contributed by atoms with Gasteiger partial charge in [-0.25, -0.2) is 9.59 Å². The summed E-state index contributed by atoms with van der Waals surface area (Å²) in [5, 5.41) is -5.10. The van der Waals surface area contributed by atoms with Crippen molar-refractivity contribution in [3.63, 3.8) is 0 Å². The van der Waals surface area contributed by atoms with Crippen LogP contribution in [-0.4, -0.2) is 54.3 Å². The van der Waals surface area contributed by atoms with Crippen LogP contribution in [0.1, 0.15) is 23.2 Å². The number of fused-ring (bicyclic) bond motifs is 4. The highest BCUT2D eigenvalue weighted by atomic mass is 127. The lowest BCUT2D eigenvalue weighted by Gasteiger charge is -2.39. The summed E-state index contributed by atoms with van der Waals surface area (Å²) < 4.78 is 78.6. The molecule has 0 radical (unpaired) electrons. The molecular weight excluding hydrogens is 521 g/mol. The lowest BCUT2D eigenvalue weighted by Crippen LogP contribution is -2.54. The second-order valence-corrected chi connectivity index (χ2v) is 9.19. The van der Waals surface area contributed by atoms with Crippen molar-refractivity contribution < 1.29 is 50.3 Å². The van der Waals surface area contributed by atoms with E-state index in [1.807, 2.05) is 22.6 Å². The number of ether oxygens (including phenoxy) is 4. The fourth-order valence-electron chi connectivity index (χ4n) is 3.41. The lowest BCUT2D eigenvalue weighted by molar-refractivity contribution is -0.191. The van der Waals surface area contributed by atoms with Crippen molar-refractivity contribution >= 4 is 44.6 Å². The molecule has 9 nitrogen and oxygen atoms in total. The first-order chi connectivity index (χ1) is 12.9. The first-order valence-electron chi connectivity index (χ1n) is 7.86. The van der Waals surface area contributed by atoms with Crippen LogP contribution in [0.2, 0.25) is 0 Å². The van der Waals surface area contributed by atoms with Crippen LogP contribution < -0.4 is 4.74 Å². The number of alkyl halides is 2. The van der Waals surface area contributed by atoms with E-state index in [2.05, 4.69) is 4.74 Å². The largest absolute Gasteiger partial charge is 0.465 e. The van der Waals surface area contributed by atoms with Gasteiger partial charge in [0.1, 0.15) is 29.6 Å². The van der Waals surface area contributed by atoms with Gasteiger partial charge < -0.3 is 18.9 Å². The molecule has 3 heterocycles. The van der Waals surface area contributed by atoms with Crippen molar-refractivity contribution in [3.8, 4) is 5.75 Å². The first-order valence-corrected chi connectivity index (χ1v) is 10.4. The molecule has 0 aliphatic carbocycles. The third-order valence-corrected chi connectivity index (χ3v) is 6.19. The number of halogens is 3. The van der Waals surface area contributed by atoms with E-state index >= 15 is 0 Å². The smallest absolute Gasteiger partial charge is 0.454 e. The quantitative estimate of drug-likeness (QED) is 0.350. The Hall–Kier alpha value is -1.58. The van der Waals surface area contributed by atoms with Gasteiger partial charge in [-0.15, -0.1) is 0 Å². The molecular formula is C15H11F2IO9S. The van der Waals surface area contributed by atoms with Gasteiger partial charge in [-0.2, -0.15) is 17.2 Å². The molecule has 1 aromatic carbocycles. The number of rotatable bonds is 3. The summed E-state index contributed by atoms with van der Waals surface area (Å²) in [5.74, 6) is -4.26. The Morgan fingerprint density at radius 1 is 1.36 bits per heavy atom. The number of hydrogen-bond donors (Lipinski definition) is 1. The molecule has 152 valence electrons. The van der Waals surface area contributed by atoms with Gasteiger partial charge in [0.25, 0.3) is 5.79 Å². The molecule has 0 aromatic heterocycles. The molecule has 3 aliphatic rings. The van der Waals surface area contributed by atoms with Crippen molar-refractivity contribution in [1.82, 2.24) is 0 Å². The predicted octanol–water partition coefficient (Wildman–Crippen LogP) is 1.49. The number of benzene rings is 1. The molecule has 1 spiro atoms. The Labute approximate surface area is 170 Å². The number of carbonyl (C=O) groups is 2. The summed E-state index contributed by atoms with van der Waals surface area (Å²) in [4.78, 5) is 23.8. The SMILES string of the molecule is O=C1OC2(CC3OC2CC3OC(=O)C(F)(F)S(=O)(=O)O)Oc2ccc(I)cc21. The van der Waals surface area contributed by atoms with Crippen LogP contribution in [0.5, 0.6) is 5.75 Å². The zero-order valence-corrected chi connectivity index (χ0v) is 16.6. The summed E-state index contributed by atoms with van der Waals surface area (Å²) in [7, 11) is -5.97. The Bertz CT molecular complexity index is 982. The highest BCUT2D eigenvalue weighted by Gasteiger charge is 2.65. The Morgan fingerprint density at radius 2 is 2.07 bits per heavy atom. The highest BCUT2D eigenvalue weighted by Crippen LogP contribution is 2.49. The molecule has 0 amide bonds. The van der Waals surface area contributed by atoms with E-state index < -0.39 is 51.4 Å². The predicted molar refractivity (Wildman–Crippen MR) is 92.2 cm³/mol. The minimum absolute atomic E-state index is 0.107. The van der Waals surface area contributed by atoms with Gasteiger partial charge in [0.05, 0.1) is 6.42 Å². The summed E-state index contributed by atoms with van der Waals surface area (Å²) in [6, 6.07) is 4.90. The van der Waals surface area contributed by atoms with E-state index in [0.717, 1.165) is 3.57 Å². The molecule has 28 heavy (non-hydrogen) atoms. The van der Waals surface area contributed by atoms with Crippen LogP contribution in [0.15, 0.2) is 18.2 Å². The Morgan fingerprint density at radius 3 is 2.68 bits per heavy atom. The van der Waals surface area contributed by atoms with Gasteiger partial charge in [-0.3, -0.25) is 4.55 Å². The van der Waals surface area contributed by atoms with Crippen molar-refractivity contribution in [2.24, 2.45) is 0 Å². The van der Waals surface area contributed by atoms with Crippen LogP contribution in [0.25, 0.3) is 0 Å². The van der Waals surface area contributed by atoms with Crippen LogP contribution in [-0.2, 0) is 29.1 Å². The van der Waals surface area contributed by atoms with Crippen LogP contribution in [0, 0.1) is 3.57 Å². The summed E-state index contributed by atoms with van der Waals surface area (Å²) >= 11 is 2.02. The third-order valence-electron chi connectivity index (χ3n) is 4.71. The van der Waals surface area contributed by atoms with E-state index in [1.54, 1.807) is 18.2 Å². The van der Waals surface area contributed by atoms with Gasteiger partial charge in [0.15, 0.2) is 0 Å². The monoisotopic (exact) mass is 532 g/mol. The lowest BCUT2D eigenvalue weighted by atomic mass is 9.90. The van der Waals surface area contributed by atoms with E-state index in [1.165, 1.54) is 0 Å². The molecule has 4 unspecified atom stereocenters. The normalized spacial score (nSPS) is 31.3. The summed E-state index contributed by atoms with van der Waals surface area (Å²) in [6.07, 6.45) is -3.35. The van der Waals surface area contributed by atoms with Crippen LogP contribution in [0.3, 0.4) is 0 Å². The highest BCUT2D eigenvalue weighted by molar-refractivity contribution is 14.1. The van der Waals surface area contributed by atoms with Crippen LogP contribution in [0.4, 0.5) is 8.78 Å². The minimum atomic E-state index is -5.97. The van der Waals surface area contributed by atoms with E-state index in [-0.39, 0.29) is 24.2 Å². The minimum Gasteiger partial charge on any atom is -0.454 e. The Balaban J connectivity index is 1.50. The molecule has 0 saturated carbocycles. The molecule has 3 aliphatic heterocycles. The zero-order valence-electron chi connectivity index (χ0n) is 13.6. The van der Waals surface area contributed by atoms with Gasteiger partial charge in [-0.05, 0) is 40.8 Å². The van der Waals surface area contributed by atoms with Crippen LogP contribution >= 0.6 is 22.6 Å². The zero-order chi connectivity index (χ0) is 20.5. The maximum atomic E-state index is 13.4. The van der Waals surface area contributed by atoms with E-state index in [4.69, 9.17) is 18.8 Å². The van der Waals surface area contributed by atoms with Gasteiger partial charge in [0.2, 0.25) is 0 Å². The molecule has 4 rings (SSSR count). The average molecular weight is 532 g/mol. The Kier molecular flexibility index (Phi) is 4.37. The van der Waals surface area contributed by atoms with Gasteiger partial charge in [-0.1, -0.05) is 0 Å². The standard InChI is InChI=1S/C15H11F2IO9S/c16-15(17,28(21,22)23)13(20)25-9-4-11-14(5-10(9)24-11)26-8-2-1-6(18)3-7(8)12(19)27-14/h1-3,9-11H,4-5H2,(H,21,22,23). The maximum Gasteiger partial charge on any atom is 0.465 e. The molecule has 4 atom stereocenters. The average Bonchev–Trinajstić information content (AvgIpc) is 3.12. The molecule has 13 heteroatoms.